The Hall–Kier alpha value is -0.640. The van der Waals surface area contributed by atoms with Crippen molar-refractivity contribution in [2.45, 2.75) is 13.0 Å². The van der Waals surface area contributed by atoms with Crippen LogP contribution in [0, 0.1) is 11.7 Å². The van der Waals surface area contributed by atoms with Crippen LogP contribution in [0.1, 0.15) is 12.0 Å². The molecule has 1 aliphatic rings. The summed E-state index contributed by atoms with van der Waals surface area (Å²) in [4.78, 5) is 2.33. The van der Waals surface area contributed by atoms with E-state index >= 15 is 0 Å². The van der Waals surface area contributed by atoms with E-state index < -0.39 is 0 Å². The van der Waals surface area contributed by atoms with E-state index in [9.17, 15) is 4.39 Å². The Morgan fingerprint density at radius 2 is 2.35 bits per heavy atom. The predicted octanol–water partition coefficient (Wildman–Crippen LogP) is 2.52. The van der Waals surface area contributed by atoms with E-state index in [4.69, 9.17) is 11.6 Å². The smallest absolute Gasteiger partial charge is 0.123 e. The monoisotopic (exact) mass is 256 g/mol. The van der Waals surface area contributed by atoms with Crippen LogP contribution in [0.2, 0.25) is 5.02 Å². The lowest BCUT2D eigenvalue weighted by atomic mass is 10.1. The Bertz CT molecular complexity index is 384. The van der Waals surface area contributed by atoms with Crippen LogP contribution < -0.4 is 5.32 Å². The van der Waals surface area contributed by atoms with Crippen molar-refractivity contribution >= 4 is 11.6 Å². The number of halogens is 2. The van der Waals surface area contributed by atoms with Gasteiger partial charge in [-0.25, -0.2) is 4.39 Å². The van der Waals surface area contributed by atoms with Crippen LogP contribution in [0.15, 0.2) is 18.2 Å². The zero-order valence-corrected chi connectivity index (χ0v) is 10.8. The van der Waals surface area contributed by atoms with E-state index in [0.717, 1.165) is 18.7 Å². The molecule has 1 N–H and O–H groups in total. The van der Waals surface area contributed by atoms with E-state index in [0.29, 0.717) is 17.5 Å². The molecule has 0 saturated carbocycles. The van der Waals surface area contributed by atoms with Gasteiger partial charge < -0.3 is 10.2 Å². The van der Waals surface area contributed by atoms with Crippen molar-refractivity contribution in [3.63, 3.8) is 0 Å². The summed E-state index contributed by atoms with van der Waals surface area (Å²) in [5.74, 6) is 0.471. The van der Waals surface area contributed by atoms with Crippen LogP contribution in [-0.4, -0.2) is 31.6 Å². The molecule has 2 nitrogen and oxygen atoms in total. The summed E-state index contributed by atoms with van der Waals surface area (Å²) in [6.45, 7) is 3.92. The fraction of sp³-hybridized carbons (Fsp3) is 0.538. The molecule has 0 radical (unpaired) electrons. The number of rotatable bonds is 4. The second-order valence-electron chi connectivity index (χ2n) is 4.78. The molecule has 0 aromatic heterocycles. The average molecular weight is 257 g/mol. The number of likely N-dealkylation sites (tertiary alicyclic amines) is 1. The van der Waals surface area contributed by atoms with Gasteiger partial charge in [-0.1, -0.05) is 11.6 Å². The molecule has 0 bridgehead atoms. The molecule has 1 heterocycles. The predicted molar refractivity (Wildman–Crippen MR) is 68.7 cm³/mol. The topological polar surface area (TPSA) is 15.3 Å². The Balaban J connectivity index is 1.80. The van der Waals surface area contributed by atoms with Crippen LogP contribution in [0.4, 0.5) is 4.39 Å². The number of hydrogen-bond acceptors (Lipinski definition) is 2. The van der Waals surface area contributed by atoms with Gasteiger partial charge in [-0.3, -0.25) is 0 Å². The first kappa shape index (κ1) is 12.8. The second kappa shape index (κ2) is 5.80. The van der Waals surface area contributed by atoms with Gasteiger partial charge in [0.2, 0.25) is 0 Å². The van der Waals surface area contributed by atoms with Crippen molar-refractivity contribution in [3.8, 4) is 0 Å². The molecule has 1 saturated heterocycles. The van der Waals surface area contributed by atoms with E-state index in [1.54, 1.807) is 6.07 Å². The first-order valence-electron chi connectivity index (χ1n) is 5.98. The summed E-state index contributed by atoms with van der Waals surface area (Å²) >= 11 is 6.00. The van der Waals surface area contributed by atoms with Crippen molar-refractivity contribution in [2.75, 3.05) is 26.7 Å². The first-order valence-corrected chi connectivity index (χ1v) is 6.36. The third-order valence-electron chi connectivity index (χ3n) is 3.25. The highest BCUT2D eigenvalue weighted by Crippen LogP contribution is 2.17. The summed E-state index contributed by atoms with van der Waals surface area (Å²) in [7, 11) is 2.14. The molecule has 1 aromatic rings. The van der Waals surface area contributed by atoms with Crippen LogP contribution in [-0.2, 0) is 6.54 Å². The molecule has 17 heavy (non-hydrogen) atoms. The van der Waals surface area contributed by atoms with Crippen LogP contribution in [0.25, 0.3) is 0 Å². The highest BCUT2D eigenvalue weighted by atomic mass is 35.5. The van der Waals surface area contributed by atoms with Crippen molar-refractivity contribution in [1.29, 1.82) is 0 Å². The minimum absolute atomic E-state index is 0.230. The summed E-state index contributed by atoms with van der Waals surface area (Å²) in [5, 5.41) is 3.98. The minimum Gasteiger partial charge on any atom is -0.312 e. The number of benzene rings is 1. The van der Waals surface area contributed by atoms with Gasteiger partial charge in [-0.15, -0.1) is 0 Å². The molecule has 0 spiro atoms. The third-order valence-corrected chi connectivity index (χ3v) is 3.61. The van der Waals surface area contributed by atoms with E-state index in [-0.39, 0.29) is 5.82 Å². The standard InChI is InChI=1S/C13H18ClFN2/c1-17-5-4-10(9-17)7-16-8-11-6-12(15)2-3-13(11)14/h2-3,6,10,16H,4-5,7-9H2,1H3. The van der Waals surface area contributed by atoms with Gasteiger partial charge in [0.25, 0.3) is 0 Å². The maximum atomic E-state index is 13.0. The van der Waals surface area contributed by atoms with Gasteiger partial charge in [0.1, 0.15) is 5.82 Å². The first-order chi connectivity index (χ1) is 8.15. The largest absolute Gasteiger partial charge is 0.312 e. The molecule has 1 unspecified atom stereocenters. The molecule has 4 heteroatoms. The number of nitrogens with zero attached hydrogens (tertiary/aromatic N) is 1. The Morgan fingerprint density at radius 3 is 3.06 bits per heavy atom. The van der Waals surface area contributed by atoms with Crippen LogP contribution in [0.5, 0.6) is 0 Å². The Kier molecular flexibility index (Phi) is 4.37. The van der Waals surface area contributed by atoms with Gasteiger partial charge in [0.05, 0.1) is 0 Å². The van der Waals surface area contributed by atoms with Crippen LogP contribution in [0.3, 0.4) is 0 Å². The molecular weight excluding hydrogens is 239 g/mol. The van der Waals surface area contributed by atoms with Gasteiger partial charge in [0, 0.05) is 18.1 Å². The Labute approximate surface area is 107 Å². The fourth-order valence-corrected chi connectivity index (χ4v) is 2.47. The lowest BCUT2D eigenvalue weighted by Gasteiger charge is -2.12. The normalized spacial score (nSPS) is 21.0. The van der Waals surface area contributed by atoms with Crippen molar-refractivity contribution in [3.05, 3.63) is 34.6 Å². The quantitative estimate of drug-likeness (QED) is 0.891. The SMILES string of the molecule is CN1CCC(CNCc2cc(F)ccc2Cl)C1. The number of nitrogens with one attached hydrogen (secondary N) is 1. The summed E-state index contributed by atoms with van der Waals surface area (Å²) in [6, 6.07) is 4.49. The molecule has 94 valence electrons. The lowest BCUT2D eigenvalue weighted by Crippen LogP contribution is -2.24. The number of hydrogen-bond donors (Lipinski definition) is 1. The maximum Gasteiger partial charge on any atom is 0.123 e. The molecule has 0 amide bonds. The fourth-order valence-electron chi connectivity index (χ4n) is 2.28. The molecule has 1 atom stereocenters. The lowest BCUT2D eigenvalue weighted by molar-refractivity contribution is 0.388. The van der Waals surface area contributed by atoms with Gasteiger partial charge in [-0.2, -0.15) is 0 Å². The average Bonchev–Trinajstić information content (AvgIpc) is 2.69. The third kappa shape index (κ3) is 3.66. The Morgan fingerprint density at radius 1 is 1.53 bits per heavy atom. The van der Waals surface area contributed by atoms with Crippen molar-refractivity contribution in [2.24, 2.45) is 5.92 Å². The second-order valence-corrected chi connectivity index (χ2v) is 5.19. The maximum absolute atomic E-state index is 13.0. The molecule has 0 aliphatic carbocycles. The van der Waals surface area contributed by atoms with Crippen LogP contribution >= 0.6 is 11.6 Å². The summed E-state index contributed by atoms with van der Waals surface area (Å²) in [5.41, 5.74) is 0.831. The summed E-state index contributed by atoms with van der Waals surface area (Å²) < 4.78 is 13.0. The molecule has 1 aromatic carbocycles. The summed E-state index contributed by atoms with van der Waals surface area (Å²) in [6.07, 6.45) is 1.24. The van der Waals surface area contributed by atoms with Crippen molar-refractivity contribution in [1.82, 2.24) is 10.2 Å². The highest BCUT2D eigenvalue weighted by Gasteiger charge is 2.18. The molecule has 1 fully saturated rings. The zero-order chi connectivity index (χ0) is 12.3. The molecule has 1 aliphatic heterocycles. The van der Waals surface area contributed by atoms with Gasteiger partial charge in [0.15, 0.2) is 0 Å². The van der Waals surface area contributed by atoms with Crippen molar-refractivity contribution < 1.29 is 4.39 Å². The van der Waals surface area contributed by atoms with E-state index in [1.807, 2.05) is 0 Å². The van der Waals surface area contributed by atoms with Gasteiger partial charge in [-0.05, 0) is 56.2 Å². The van der Waals surface area contributed by atoms with E-state index in [1.165, 1.54) is 25.1 Å². The molecule has 2 rings (SSSR count). The molecular formula is C13H18ClFN2. The van der Waals surface area contributed by atoms with Gasteiger partial charge >= 0.3 is 0 Å². The highest BCUT2D eigenvalue weighted by molar-refractivity contribution is 6.31. The zero-order valence-electron chi connectivity index (χ0n) is 10.0. The van der Waals surface area contributed by atoms with E-state index in [2.05, 4.69) is 17.3 Å². The minimum atomic E-state index is -0.230.